The highest BCUT2D eigenvalue weighted by molar-refractivity contribution is 7.92. The van der Waals surface area contributed by atoms with Crippen molar-refractivity contribution in [3.05, 3.63) is 124 Å². The number of amides is 2. The van der Waals surface area contributed by atoms with Crippen LogP contribution in [0.4, 0.5) is 5.69 Å². The summed E-state index contributed by atoms with van der Waals surface area (Å²) in [7, 11) is -2.76. The molecule has 5 rings (SSSR count). The summed E-state index contributed by atoms with van der Waals surface area (Å²) in [5.74, 6) is -0.293. The fourth-order valence-corrected chi connectivity index (χ4v) is 7.88. The van der Waals surface area contributed by atoms with Gasteiger partial charge in [0.1, 0.15) is 18.3 Å². The van der Waals surface area contributed by atoms with Crippen molar-refractivity contribution in [3.8, 4) is 5.75 Å². The first-order valence-electron chi connectivity index (χ1n) is 16.0. The monoisotopic (exact) mass is 707 g/mol. The second-order valence-corrected chi connectivity index (χ2v) is 14.5. The lowest BCUT2D eigenvalue weighted by Gasteiger charge is -2.35. The average molecular weight is 709 g/mol. The molecule has 2 amide bonds. The van der Waals surface area contributed by atoms with Gasteiger partial charge in [-0.2, -0.15) is 0 Å². The van der Waals surface area contributed by atoms with Crippen LogP contribution in [0.15, 0.2) is 108 Å². The number of nitrogens with one attached hydrogen (secondary N) is 1. The van der Waals surface area contributed by atoms with Crippen molar-refractivity contribution >= 4 is 50.7 Å². The van der Waals surface area contributed by atoms with Crippen LogP contribution in [0.25, 0.3) is 0 Å². The summed E-state index contributed by atoms with van der Waals surface area (Å²) in [6, 6.07) is 28.2. The molecule has 0 saturated heterocycles. The highest BCUT2D eigenvalue weighted by atomic mass is 35.5. The molecule has 1 saturated carbocycles. The Hall–Kier alpha value is -4.05. The predicted molar refractivity (Wildman–Crippen MR) is 190 cm³/mol. The highest BCUT2D eigenvalue weighted by Gasteiger charge is 2.36. The van der Waals surface area contributed by atoms with Crippen LogP contribution in [-0.2, 0) is 32.6 Å². The summed E-state index contributed by atoms with van der Waals surface area (Å²) in [5, 5.41) is 3.34. The zero-order chi connectivity index (χ0) is 34.1. The Bertz CT molecular complexity index is 1800. The maximum Gasteiger partial charge on any atom is 0.264 e. The number of benzene rings is 4. The van der Waals surface area contributed by atoms with E-state index in [2.05, 4.69) is 5.32 Å². The molecule has 0 spiro atoms. The van der Waals surface area contributed by atoms with Crippen LogP contribution in [0.1, 0.15) is 43.2 Å². The van der Waals surface area contributed by atoms with Gasteiger partial charge in [-0.3, -0.25) is 13.9 Å². The molecule has 252 valence electrons. The number of sulfonamides is 1. The Morgan fingerprint density at radius 2 is 1.50 bits per heavy atom. The van der Waals surface area contributed by atoms with E-state index in [0.29, 0.717) is 11.3 Å². The van der Waals surface area contributed by atoms with Crippen molar-refractivity contribution < 1.29 is 22.7 Å². The van der Waals surface area contributed by atoms with Gasteiger partial charge in [0.15, 0.2) is 0 Å². The molecule has 4 aromatic carbocycles. The lowest BCUT2D eigenvalue weighted by molar-refractivity contribution is -0.140. The Morgan fingerprint density at radius 3 is 2.19 bits per heavy atom. The number of anilines is 1. The van der Waals surface area contributed by atoms with E-state index in [1.807, 2.05) is 42.5 Å². The SMILES string of the molecule is COc1cccc(CN(C(=O)CN(c2cccc(Cl)c2Cl)S(=O)(=O)c2ccccc2)C(Cc2ccccc2)C(=O)NC2CCCCC2)c1. The third-order valence-electron chi connectivity index (χ3n) is 8.52. The van der Waals surface area contributed by atoms with Crippen molar-refractivity contribution in [2.75, 3.05) is 18.0 Å². The number of carbonyl (C=O) groups is 2. The van der Waals surface area contributed by atoms with E-state index >= 15 is 0 Å². The molecule has 0 aliphatic heterocycles. The maximum atomic E-state index is 14.7. The van der Waals surface area contributed by atoms with E-state index in [9.17, 15) is 18.0 Å². The largest absolute Gasteiger partial charge is 0.497 e. The molecular weight excluding hydrogens is 669 g/mol. The first-order valence-corrected chi connectivity index (χ1v) is 18.2. The first-order chi connectivity index (χ1) is 23.2. The summed E-state index contributed by atoms with van der Waals surface area (Å²) in [6.07, 6.45) is 5.12. The number of methoxy groups -OCH3 is 1. The van der Waals surface area contributed by atoms with Gasteiger partial charge in [0, 0.05) is 19.0 Å². The molecule has 1 atom stereocenters. The quantitative estimate of drug-likeness (QED) is 0.158. The molecule has 4 aromatic rings. The number of ether oxygens (including phenoxy) is 1. The number of hydrogen-bond donors (Lipinski definition) is 1. The summed E-state index contributed by atoms with van der Waals surface area (Å²) in [4.78, 5) is 30.4. The van der Waals surface area contributed by atoms with Crippen molar-refractivity contribution in [1.82, 2.24) is 10.2 Å². The Labute approximate surface area is 292 Å². The predicted octanol–water partition coefficient (Wildman–Crippen LogP) is 7.29. The van der Waals surface area contributed by atoms with Crippen molar-refractivity contribution in [2.45, 2.75) is 62.0 Å². The number of carbonyl (C=O) groups excluding carboxylic acids is 2. The number of halogens is 2. The maximum absolute atomic E-state index is 14.7. The second kappa shape index (κ2) is 16.4. The molecule has 0 bridgehead atoms. The van der Waals surface area contributed by atoms with E-state index in [-0.39, 0.29) is 45.5 Å². The van der Waals surface area contributed by atoms with Gasteiger partial charge < -0.3 is 15.0 Å². The smallest absolute Gasteiger partial charge is 0.264 e. The lowest BCUT2D eigenvalue weighted by atomic mass is 9.94. The summed E-state index contributed by atoms with van der Waals surface area (Å²) < 4.78 is 34.8. The first kappa shape index (κ1) is 35.3. The summed E-state index contributed by atoms with van der Waals surface area (Å²) in [5.41, 5.74) is 1.62. The molecule has 0 aromatic heterocycles. The van der Waals surface area contributed by atoms with Crippen LogP contribution < -0.4 is 14.4 Å². The van der Waals surface area contributed by atoms with E-state index in [4.69, 9.17) is 27.9 Å². The van der Waals surface area contributed by atoms with E-state index in [1.165, 1.54) is 23.1 Å². The Kier molecular flexibility index (Phi) is 12.0. The van der Waals surface area contributed by atoms with Crippen LogP contribution in [0.2, 0.25) is 10.0 Å². The van der Waals surface area contributed by atoms with E-state index in [1.54, 1.807) is 49.6 Å². The third kappa shape index (κ3) is 8.69. The van der Waals surface area contributed by atoms with Crippen molar-refractivity contribution in [2.24, 2.45) is 0 Å². The van der Waals surface area contributed by atoms with Crippen LogP contribution in [0.5, 0.6) is 5.75 Å². The molecule has 1 N–H and O–H groups in total. The minimum absolute atomic E-state index is 0.00137. The molecular formula is C37H39Cl2N3O5S. The minimum Gasteiger partial charge on any atom is -0.497 e. The minimum atomic E-state index is -4.31. The topological polar surface area (TPSA) is 96.0 Å². The zero-order valence-electron chi connectivity index (χ0n) is 26.7. The molecule has 1 aliphatic rings. The van der Waals surface area contributed by atoms with Crippen molar-refractivity contribution in [1.29, 1.82) is 0 Å². The molecule has 0 radical (unpaired) electrons. The van der Waals surface area contributed by atoms with Gasteiger partial charge in [0.2, 0.25) is 11.8 Å². The molecule has 8 nitrogen and oxygen atoms in total. The third-order valence-corrected chi connectivity index (χ3v) is 11.1. The normalized spacial score (nSPS) is 14.1. The van der Waals surface area contributed by atoms with E-state index in [0.717, 1.165) is 42.0 Å². The van der Waals surface area contributed by atoms with Gasteiger partial charge in [-0.25, -0.2) is 8.42 Å². The van der Waals surface area contributed by atoms with Gasteiger partial charge in [0.05, 0.1) is 27.7 Å². The van der Waals surface area contributed by atoms with Crippen LogP contribution in [0, 0.1) is 0 Å². The van der Waals surface area contributed by atoms with Crippen LogP contribution >= 0.6 is 23.2 Å². The van der Waals surface area contributed by atoms with Gasteiger partial charge in [0.25, 0.3) is 10.0 Å². The number of nitrogens with zero attached hydrogens (tertiary/aromatic N) is 2. The van der Waals surface area contributed by atoms with Gasteiger partial charge in [-0.1, -0.05) is 109 Å². The lowest BCUT2D eigenvalue weighted by Crippen LogP contribution is -2.55. The van der Waals surface area contributed by atoms with Crippen LogP contribution in [-0.4, -0.2) is 50.9 Å². The molecule has 48 heavy (non-hydrogen) atoms. The molecule has 1 aliphatic carbocycles. The molecule has 1 unspecified atom stereocenters. The van der Waals surface area contributed by atoms with Crippen molar-refractivity contribution in [3.63, 3.8) is 0 Å². The van der Waals surface area contributed by atoms with E-state index < -0.39 is 28.5 Å². The average Bonchev–Trinajstić information content (AvgIpc) is 3.11. The van der Waals surface area contributed by atoms with Crippen LogP contribution in [0.3, 0.4) is 0 Å². The number of hydrogen-bond acceptors (Lipinski definition) is 5. The Morgan fingerprint density at radius 1 is 0.854 bits per heavy atom. The standard InChI is InChI=1S/C37H39Cl2N3O5S/c1-47-30-18-11-15-28(23-30)25-41(34(24-27-13-5-2-6-14-27)37(44)40-29-16-7-3-8-17-29)35(43)26-42(33-22-12-21-32(38)36(33)39)48(45,46)31-19-9-4-10-20-31/h2,4-6,9-15,18-23,29,34H,3,7-8,16-17,24-26H2,1H3,(H,40,44). The summed E-state index contributed by atoms with van der Waals surface area (Å²) in [6.45, 7) is -0.614. The molecule has 1 fully saturated rings. The summed E-state index contributed by atoms with van der Waals surface area (Å²) >= 11 is 12.9. The molecule has 0 heterocycles. The Balaban J connectivity index is 1.59. The van der Waals surface area contributed by atoms with Gasteiger partial charge in [-0.05, 0) is 60.4 Å². The second-order valence-electron chi connectivity index (χ2n) is 11.8. The number of rotatable bonds is 13. The molecule has 11 heteroatoms. The fourth-order valence-electron chi connectivity index (χ4n) is 5.98. The zero-order valence-corrected chi connectivity index (χ0v) is 29.1. The van der Waals surface area contributed by atoms with Gasteiger partial charge >= 0.3 is 0 Å². The fraction of sp³-hybridized carbons (Fsp3) is 0.297. The highest BCUT2D eigenvalue weighted by Crippen LogP contribution is 2.35. The van der Waals surface area contributed by atoms with Gasteiger partial charge in [-0.15, -0.1) is 0 Å².